The summed E-state index contributed by atoms with van der Waals surface area (Å²) in [6.07, 6.45) is 6.04. The number of ether oxygens (including phenoxy) is 1. The molecule has 1 atom stereocenters. The molecule has 200 valence electrons. The number of pyridine rings is 1. The van der Waals surface area contributed by atoms with Crippen molar-refractivity contribution in [1.82, 2.24) is 15.0 Å². The molecule has 5 rings (SSSR count). The molecule has 11 heteroatoms. The van der Waals surface area contributed by atoms with E-state index in [4.69, 9.17) is 9.72 Å². The van der Waals surface area contributed by atoms with Crippen LogP contribution in [0.3, 0.4) is 0 Å². The van der Waals surface area contributed by atoms with E-state index in [2.05, 4.69) is 25.5 Å². The summed E-state index contributed by atoms with van der Waals surface area (Å²) in [5.41, 5.74) is 0.159. The monoisotopic (exact) mass is 511 g/mol. The molecule has 0 aromatic carbocycles. The Morgan fingerprint density at radius 1 is 1.11 bits per heavy atom. The van der Waals surface area contributed by atoms with E-state index in [-0.39, 0.29) is 30.9 Å². The maximum atomic E-state index is 13.4. The smallest absolute Gasteiger partial charge is 0.279 e. The van der Waals surface area contributed by atoms with E-state index in [1.807, 2.05) is 30.9 Å². The van der Waals surface area contributed by atoms with Gasteiger partial charge in [-0.05, 0) is 57.1 Å². The quantitative estimate of drug-likeness (QED) is 0.416. The highest BCUT2D eigenvalue weighted by molar-refractivity contribution is 6.05. The molecule has 2 aromatic rings. The Morgan fingerprint density at radius 2 is 1.89 bits per heavy atom. The van der Waals surface area contributed by atoms with Gasteiger partial charge in [0, 0.05) is 26.2 Å². The second kappa shape index (κ2) is 10.4. The number of hydrogen-bond donors (Lipinski definition) is 4. The van der Waals surface area contributed by atoms with Crippen molar-refractivity contribution in [2.45, 2.75) is 51.2 Å². The van der Waals surface area contributed by atoms with Crippen molar-refractivity contribution in [2.24, 2.45) is 5.41 Å². The number of amides is 1. The van der Waals surface area contributed by atoms with Crippen LogP contribution in [-0.4, -0.2) is 88.7 Å². The first kappa shape index (κ1) is 25.6. The number of rotatable bonds is 8. The Balaban J connectivity index is 1.36. The number of carbonyl (C=O) groups excluding carboxylic acids is 1. The summed E-state index contributed by atoms with van der Waals surface area (Å²) in [6, 6.07) is 5.47. The summed E-state index contributed by atoms with van der Waals surface area (Å²) < 4.78 is 5.54. The van der Waals surface area contributed by atoms with Gasteiger partial charge >= 0.3 is 0 Å². The molecule has 1 spiro atoms. The highest BCUT2D eigenvalue weighted by Crippen LogP contribution is 2.54. The van der Waals surface area contributed by atoms with Gasteiger partial charge in [0.2, 0.25) is 0 Å². The molecule has 2 aromatic heterocycles. The number of nitrogens with zero attached hydrogens (tertiary/aromatic N) is 5. The molecule has 11 nitrogen and oxygen atoms in total. The lowest BCUT2D eigenvalue weighted by molar-refractivity contribution is 0.00337. The number of nitrogens with one attached hydrogen (secondary N) is 2. The van der Waals surface area contributed by atoms with Gasteiger partial charge in [-0.3, -0.25) is 4.79 Å². The van der Waals surface area contributed by atoms with Crippen molar-refractivity contribution in [3.8, 4) is 0 Å². The Hall–Kier alpha value is -3.02. The minimum atomic E-state index is -0.575. The zero-order valence-electron chi connectivity index (χ0n) is 21.6. The highest BCUT2D eigenvalue weighted by Gasteiger charge is 2.45. The van der Waals surface area contributed by atoms with Crippen LogP contribution in [0.15, 0.2) is 24.4 Å². The van der Waals surface area contributed by atoms with Crippen LogP contribution >= 0.6 is 0 Å². The van der Waals surface area contributed by atoms with Crippen LogP contribution in [-0.2, 0) is 4.74 Å². The zero-order valence-corrected chi connectivity index (χ0v) is 21.6. The molecule has 0 bridgehead atoms. The molecule has 1 amide bonds. The van der Waals surface area contributed by atoms with Crippen molar-refractivity contribution in [2.75, 3.05) is 66.4 Å². The largest absolute Gasteiger partial charge is 0.394 e. The molecule has 2 saturated heterocycles. The SMILES string of the molecule is CC(C)(CO)Nc1cnc(C(=O)Nc2cccc(N3CCO[C@H](CO)C3)n2)c(N2CCC3(CC2)CC3)n1. The zero-order chi connectivity index (χ0) is 26.0. The highest BCUT2D eigenvalue weighted by atomic mass is 16.5. The first-order valence-corrected chi connectivity index (χ1v) is 13.1. The molecule has 1 saturated carbocycles. The van der Waals surface area contributed by atoms with E-state index in [0.717, 1.165) is 25.9 Å². The summed E-state index contributed by atoms with van der Waals surface area (Å²) in [5.74, 6) is 1.82. The van der Waals surface area contributed by atoms with Gasteiger partial charge in [0.15, 0.2) is 11.5 Å². The van der Waals surface area contributed by atoms with E-state index in [0.29, 0.717) is 48.4 Å². The van der Waals surface area contributed by atoms with Crippen LogP contribution in [0.2, 0.25) is 0 Å². The van der Waals surface area contributed by atoms with Crippen molar-refractivity contribution in [3.63, 3.8) is 0 Å². The molecular formula is C26H37N7O4. The van der Waals surface area contributed by atoms with E-state index < -0.39 is 5.54 Å². The van der Waals surface area contributed by atoms with Crippen LogP contribution in [0.4, 0.5) is 23.3 Å². The molecule has 37 heavy (non-hydrogen) atoms. The number of morpholine rings is 1. The van der Waals surface area contributed by atoms with Crippen LogP contribution < -0.4 is 20.4 Å². The van der Waals surface area contributed by atoms with E-state index in [1.54, 1.807) is 6.07 Å². The number of piperidine rings is 1. The van der Waals surface area contributed by atoms with Gasteiger partial charge in [-0.1, -0.05) is 6.07 Å². The van der Waals surface area contributed by atoms with Gasteiger partial charge in [-0.25, -0.2) is 15.0 Å². The number of aliphatic hydroxyl groups is 2. The van der Waals surface area contributed by atoms with Crippen molar-refractivity contribution in [1.29, 1.82) is 0 Å². The van der Waals surface area contributed by atoms with Gasteiger partial charge in [-0.15, -0.1) is 0 Å². The maximum absolute atomic E-state index is 13.4. The molecule has 2 aliphatic heterocycles. The van der Waals surface area contributed by atoms with Crippen LogP contribution in [0.5, 0.6) is 0 Å². The lowest BCUT2D eigenvalue weighted by Crippen LogP contribution is -2.44. The Kier molecular flexibility index (Phi) is 7.19. The van der Waals surface area contributed by atoms with Crippen LogP contribution in [0.1, 0.15) is 50.0 Å². The minimum Gasteiger partial charge on any atom is -0.394 e. The van der Waals surface area contributed by atoms with E-state index in [9.17, 15) is 15.0 Å². The summed E-state index contributed by atoms with van der Waals surface area (Å²) in [6.45, 7) is 7.00. The molecule has 3 aliphatic rings. The van der Waals surface area contributed by atoms with Gasteiger partial charge in [0.05, 0.1) is 37.7 Å². The molecule has 4 heterocycles. The number of aliphatic hydroxyl groups excluding tert-OH is 2. The standard InChI is InChI=1S/C26H37N7O4/c1-25(2,17-35)31-20-14-27-22(23(29-20)32-10-8-26(6-7-26)9-11-32)24(36)30-19-4-3-5-21(28-19)33-12-13-37-18(15-33)16-34/h3-5,14,18,34-35H,6-13,15-17H2,1-2H3,(H,29,31)(H,28,30,36)/t18-/m0/s1. The van der Waals surface area contributed by atoms with Crippen molar-refractivity contribution >= 4 is 29.2 Å². The number of hydrogen-bond acceptors (Lipinski definition) is 10. The third-order valence-electron chi connectivity index (χ3n) is 7.55. The normalized spacial score (nSPS) is 21.1. The second-order valence-electron chi connectivity index (χ2n) is 11.0. The van der Waals surface area contributed by atoms with E-state index >= 15 is 0 Å². The first-order chi connectivity index (χ1) is 17.8. The molecular weight excluding hydrogens is 474 g/mol. The van der Waals surface area contributed by atoms with Crippen molar-refractivity contribution in [3.05, 3.63) is 30.1 Å². The summed E-state index contributed by atoms with van der Waals surface area (Å²) in [7, 11) is 0. The summed E-state index contributed by atoms with van der Waals surface area (Å²) >= 11 is 0. The topological polar surface area (TPSA) is 136 Å². The second-order valence-corrected chi connectivity index (χ2v) is 11.0. The third kappa shape index (κ3) is 5.94. The molecule has 4 N–H and O–H groups in total. The number of carbonyl (C=O) groups is 1. The van der Waals surface area contributed by atoms with Gasteiger partial charge in [0.25, 0.3) is 5.91 Å². The average molecular weight is 512 g/mol. The summed E-state index contributed by atoms with van der Waals surface area (Å²) in [4.78, 5) is 31.6. The molecule has 3 fully saturated rings. The fraction of sp³-hybridized carbons (Fsp3) is 0.615. The first-order valence-electron chi connectivity index (χ1n) is 13.1. The summed E-state index contributed by atoms with van der Waals surface area (Å²) in [5, 5.41) is 25.2. The predicted octanol–water partition coefficient (Wildman–Crippen LogP) is 1.88. The predicted molar refractivity (Wildman–Crippen MR) is 141 cm³/mol. The fourth-order valence-corrected chi connectivity index (χ4v) is 4.96. The Labute approximate surface area is 217 Å². The number of aromatic nitrogens is 3. The van der Waals surface area contributed by atoms with Gasteiger partial charge in [-0.2, -0.15) is 0 Å². The lowest BCUT2D eigenvalue weighted by atomic mass is 9.93. The molecule has 0 radical (unpaired) electrons. The fourth-order valence-electron chi connectivity index (χ4n) is 4.96. The van der Waals surface area contributed by atoms with Gasteiger partial charge < -0.3 is 35.4 Å². The molecule has 1 aliphatic carbocycles. The maximum Gasteiger partial charge on any atom is 0.279 e. The van der Waals surface area contributed by atoms with Crippen LogP contribution in [0, 0.1) is 5.41 Å². The van der Waals surface area contributed by atoms with Crippen molar-refractivity contribution < 1.29 is 19.7 Å². The number of anilines is 4. The third-order valence-corrected chi connectivity index (χ3v) is 7.55. The van der Waals surface area contributed by atoms with E-state index in [1.165, 1.54) is 19.0 Å². The lowest BCUT2D eigenvalue weighted by Gasteiger charge is -2.34. The van der Waals surface area contributed by atoms with Crippen LogP contribution in [0.25, 0.3) is 0 Å². The average Bonchev–Trinajstić information content (AvgIpc) is 3.67. The Morgan fingerprint density at radius 3 is 2.59 bits per heavy atom. The minimum absolute atomic E-state index is 0.0493. The molecule has 0 unspecified atom stereocenters. The van der Waals surface area contributed by atoms with Gasteiger partial charge in [0.1, 0.15) is 17.5 Å². The Bertz CT molecular complexity index is 1110.